The van der Waals surface area contributed by atoms with Gasteiger partial charge in [0.05, 0.1) is 31.1 Å². The second-order valence-corrected chi connectivity index (χ2v) is 3.31. The van der Waals surface area contributed by atoms with Crippen molar-refractivity contribution in [2.75, 3.05) is 13.7 Å². The molecule has 1 unspecified atom stereocenters. The van der Waals surface area contributed by atoms with Gasteiger partial charge in [-0.3, -0.25) is 10.5 Å². The van der Waals surface area contributed by atoms with Gasteiger partial charge in [0.15, 0.2) is 0 Å². The van der Waals surface area contributed by atoms with E-state index in [4.69, 9.17) is 10.6 Å². The standard InChI is InChI=1S/C8H14N4O/c1-11-7-4-12(9)8(5-13-2)6(7)3-10-11/h3,8H,4-5,9H2,1-2H3. The summed E-state index contributed by atoms with van der Waals surface area (Å²) in [7, 11) is 3.62. The average Bonchev–Trinajstić information content (AvgIpc) is 2.58. The molecule has 1 atom stereocenters. The zero-order valence-corrected chi connectivity index (χ0v) is 7.90. The highest BCUT2D eigenvalue weighted by molar-refractivity contribution is 5.26. The van der Waals surface area contributed by atoms with Crippen LogP contribution in [0.5, 0.6) is 0 Å². The van der Waals surface area contributed by atoms with Gasteiger partial charge in [-0.2, -0.15) is 5.10 Å². The first-order valence-corrected chi connectivity index (χ1v) is 4.25. The molecule has 2 rings (SSSR count). The van der Waals surface area contributed by atoms with Crippen molar-refractivity contribution in [3.05, 3.63) is 17.5 Å². The Morgan fingerprint density at radius 3 is 3.23 bits per heavy atom. The van der Waals surface area contributed by atoms with Gasteiger partial charge in [0.1, 0.15) is 0 Å². The van der Waals surface area contributed by atoms with Crippen molar-refractivity contribution in [1.82, 2.24) is 14.8 Å². The third-order valence-electron chi connectivity index (χ3n) is 2.51. The lowest BCUT2D eigenvalue weighted by molar-refractivity contribution is 0.0981. The Labute approximate surface area is 77.0 Å². The minimum atomic E-state index is 0.161. The monoisotopic (exact) mass is 182 g/mol. The van der Waals surface area contributed by atoms with Crippen molar-refractivity contribution in [2.24, 2.45) is 12.9 Å². The first-order chi connectivity index (χ1) is 6.24. The Kier molecular flexibility index (Phi) is 2.07. The van der Waals surface area contributed by atoms with E-state index in [-0.39, 0.29) is 6.04 Å². The Morgan fingerprint density at radius 2 is 2.54 bits per heavy atom. The number of hydrazine groups is 1. The predicted molar refractivity (Wildman–Crippen MR) is 47.6 cm³/mol. The number of ether oxygens (including phenoxy) is 1. The topological polar surface area (TPSA) is 56.3 Å². The Balaban J connectivity index is 2.30. The van der Waals surface area contributed by atoms with E-state index in [1.54, 1.807) is 12.1 Å². The van der Waals surface area contributed by atoms with Crippen molar-refractivity contribution in [2.45, 2.75) is 12.6 Å². The summed E-state index contributed by atoms with van der Waals surface area (Å²) < 4.78 is 6.97. The summed E-state index contributed by atoms with van der Waals surface area (Å²) in [4.78, 5) is 0. The maximum atomic E-state index is 5.84. The number of aryl methyl sites for hydroxylation is 1. The van der Waals surface area contributed by atoms with Crippen LogP contribution in [0.1, 0.15) is 17.3 Å². The first kappa shape index (κ1) is 8.68. The number of methoxy groups -OCH3 is 1. The molecule has 1 aliphatic heterocycles. The highest BCUT2D eigenvalue weighted by atomic mass is 16.5. The summed E-state index contributed by atoms with van der Waals surface area (Å²) in [6, 6.07) is 0.161. The number of aromatic nitrogens is 2. The second-order valence-electron chi connectivity index (χ2n) is 3.31. The fourth-order valence-corrected chi connectivity index (χ4v) is 1.76. The van der Waals surface area contributed by atoms with E-state index in [0.29, 0.717) is 6.61 Å². The fraction of sp³-hybridized carbons (Fsp3) is 0.625. The third-order valence-corrected chi connectivity index (χ3v) is 2.51. The van der Waals surface area contributed by atoms with Crippen molar-refractivity contribution in [3.8, 4) is 0 Å². The maximum Gasteiger partial charge on any atom is 0.0762 e. The molecule has 0 radical (unpaired) electrons. The molecule has 13 heavy (non-hydrogen) atoms. The van der Waals surface area contributed by atoms with Crippen LogP contribution in [-0.2, 0) is 18.3 Å². The van der Waals surface area contributed by atoms with Crippen LogP contribution in [0.3, 0.4) is 0 Å². The second kappa shape index (κ2) is 3.10. The lowest BCUT2D eigenvalue weighted by atomic mass is 10.2. The molecule has 2 heterocycles. The van der Waals surface area contributed by atoms with Crippen LogP contribution in [0.2, 0.25) is 0 Å². The zero-order valence-electron chi connectivity index (χ0n) is 7.90. The van der Waals surface area contributed by atoms with Gasteiger partial charge < -0.3 is 4.74 Å². The molecular weight excluding hydrogens is 168 g/mol. The molecule has 0 saturated carbocycles. The number of nitrogens with zero attached hydrogens (tertiary/aromatic N) is 3. The van der Waals surface area contributed by atoms with Crippen LogP contribution < -0.4 is 5.84 Å². The molecule has 0 bridgehead atoms. The molecule has 0 aromatic carbocycles. The molecule has 1 aliphatic rings. The molecule has 5 nitrogen and oxygen atoms in total. The average molecular weight is 182 g/mol. The SMILES string of the molecule is COCC1c2cnn(C)c2CN1N. The van der Waals surface area contributed by atoms with Gasteiger partial charge in [0, 0.05) is 19.7 Å². The lowest BCUT2D eigenvalue weighted by Crippen LogP contribution is -2.32. The summed E-state index contributed by atoms with van der Waals surface area (Å²) >= 11 is 0. The zero-order chi connectivity index (χ0) is 9.42. The van der Waals surface area contributed by atoms with E-state index in [1.165, 1.54) is 11.3 Å². The lowest BCUT2D eigenvalue weighted by Gasteiger charge is -2.18. The maximum absolute atomic E-state index is 5.84. The molecule has 2 N–H and O–H groups in total. The number of fused-ring (bicyclic) bond motifs is 1. The van der Waals surface area contributed by atoms with Gasteiger partial charge in [-0.05, 0) is 0 Å². The van der Waals surface area contributed by atoms with E-state index in [2.05, 4.69) is 5.10 Å². The van der Waals surface area contributed by atoms with Crippen LogP contribution in [0, 0.1) is 0 Å². The van der Waals surface area contributed by atoms with Crippen LogP contribution in [0.25, 0.3) is 0 Å². The van der Waals surface area contributed by atoms with E-state index >= 15 is 0 Å². The highest BCUT2D eigenvalue weighted by Crippen LogP contribution is 2.30. The normalized spacial score (nSPS) is 22.2. The van der Waals surface area contributed by atoms with E-state index in [1.807, 2.05) is 17.9 Å². The van der Waals surface area contributed by atoms with E-state index in [0.717, 1.165) is 6.54 Å². The van der Waals surface area contributed by atoms with Crippen LogP contribution >= 0.6 is 0 Å². The van der Waals surface area contributed by atoms with Crippen LogP contribution in [0.15, 0.2) is 6.20 Å². The highest BCUT2D eigenvalue weighted by Gasteiger charge is 2.30. The number of hydrogen-bond donors (Lipinski definition) is 1. The largest absolute Gasteiger partial charge is 0.383 e. The predicted octanol–water partition coefficient (Wildman–Crippen LogP) is -0.203. The quantitative estimate of drug-likeness (QED) is 0.643. The molecule has 5 heteroatoms. The molecule has 1 aromatic rings. The Hall–Kier alpha value is -0.910. The molecule has 72 valence electrons. The van der Waals surface area contributed by atoms with Crippen LogP contribution in [-0.4, -0.2) is 28.5 Å². The van der Waals surface area contributed by atoms with Gasteiger partial charge in [-0.15, -0.1) is 0 Å². The van der Waals surface area contributed by atoms with Crippen LogP contribution in [0.4, 0.5) is 0 Å². The fourth-order valence-electron chi connectivity index (χ4n) is 1.76. The van der Waals surface area contributed by atoms with E-state index in [9.17, 15) is 0 Å². The summed E-state index contributed by atoms with van der Waals surface area (Å²) in [5, 5.41) is 5.97. The molecule has 1 aromatic heterocycles. The van der Waals surface area contributed by atoms with Gasteiger partial charge in [-0.1, -0.05) is 0 Å². The van der Waals surface area contributed by atoms with Crippen molar-refractivity contribution >= 4 is 0 Å². The molecular formula is C8H14N4O. The Morgan fingerprint density at radius 1 is 1.77 bits per heavy atom. The van der Waals surface area contributed by atoms with Gasteiger partial charge in [-0.25, -0.2) is 5.01 Å². The Bertz CT molecular complexity index is 309. The third kappa shape index (κ3) is 1.25. The van der Waals surface area contributed by atoms with Gasteiger partial charge in [0.25, 0.3) is 0 Å². The molecule has 0 saturated heterocycles. The van der Waals surface area contributed by atoms with Crippen molar-refractivity contribution < 1.29 is 4.74 Å². The minimum absolute atomic E-state index is 0.161. The molecule has 0 amide bonds. The summed E-state index contributed by atoms with van der Waals surface area (Å²) in [5.41, 5.74) is 2.37. The van der Waals surface area contributed by atoms with Gasteiger partial charge in [0.2, 0.25) is 0 Å². The molecule has 0 fully saturated rings. The first-order valence-electron chi connectivity index (χ1n) is 4.25. The number of hydrogen-bond acceptors (Lipinski definition) is 4. The van der Waals surface area contributed by atoms with Crippen molar-refractivity contribution in [3.63, 3.8) is 0 Å². The molecule has 0 spiro atoms. The summed E-state index contributed by atoms with van der Waals surface area (Å²) in [6.07, 6.45) is 1.87. The number of nitrogens with two attached hydrogens (primary N) is 1. The smallest absolute Gasteiger partial charge is 0.0762 e. The summed E-state index contributed by atoms with van der Waals surface area (Å²) in [5.74, 6) is 5.84. The minimum Gasteiger partial charge on any atom is -0.383 e. The summed E-state index contributed by atoms with van der Waals surface area (Å²) in [6.45, 7) is 1.37. The number of rotatable bonds is 2. The molecule has 0 aliphatic carbocycles. The van der Waals surface area contributed by atoms with E-state index < -0.39 is 0 Å². The van der Waals surface area contributed by atoms with Crippen molar-refractivity contribution in [1.29, 1.82) is 0 Å². The van der Waals surface area contributed by atoms with Gasteiger partial charge >= 0.3 is 0 Å².